The second-order valence-electron chi connectivity index (χ2n) is 22.5. The number of carboxylic acid groups (broad SMARTS) is 2. The van der Waals surface area contributed by atoms with Crippen LogP contribution >= 0.6 is 0 Å². The lowest BCUT2D eigenvalue weighted by Gasteiger charge is -2.51. The Kier molecular flexibility index (Phi) is 32.2. The van der Waals surface area contributed by atoms with Crippen molar-refractivity contribution in [1.82, 2.24) is 0 Å². The fraction of sp³-hybridized carbons (Fsp3) is 0.966. The summed E-state index contributed by atoms with van der Waals surface area (Å²) in [5, 5.41) is 78.5. The quantitative estimate of drug-likeness (QED) is 0.0434. The fourth-order valence-electron chi connectivity index (χ4n) is 11.1. The molecule has 0 aromatic rings. The number of ether oxygens (including phenoxy) is 16. The molecule has 0 spiro atoms. The molecule has 0 radical (unpaired) electrons. The Hall–Kier alpha value is -1.90. The van der Waals surface area contributed by atoms with Gasteiger partial charge < -0.3 is 112 Å². The van der Waals surface area contributed by atoms with Gasteiger partial charge in [-0.2, -0.15) is 0 Å². The van der Waals surface area contributed by atoms with Gasteiger partial charge in [0.1, 0.15) is 73.2 Å². The van der Waals surface area contributed by atoms with Crippen molar-refractivity contribution in [2.45, 2.75) is 275 Å². The van der Waals surface area contributed by atoms with E-state index in [9.17, 15) is 45.3 Å². The number of hydrogen-bond donors (Lipinski definition) is 7. The second-order valence-corrected chi connectivity index (χ2v) is 22.5. The molecule has 10 unspecified atom stereocenters. The molecule has 0 saturated carbocycles. The van der Waals surface area contributed by atoms with Crippen molar-refractivity contribution in [3.8, 4) is 0 Å². The number of methoxy groups -OCH3 is 1. The van der Waals surface area contributed by atoms with Crippen LogP contribution in [-0.4, -0.2) is 249 Å². The lowest BCUT2D eigenvalue weighted by Crippen LogP contribution is -2.68. The van der Waals surface area contributed by atoms with Crippen LogP contribution in [-0.2, 0) is 85.4 Å². The summed E-state index contributed by atoms with van der Waals surface area (Å²) < 4.78 is 101. The highest BCUT2D eigenvalue weighted by Gasteiger charge is 2.59. The molecule has 0 bridgehead atoms. The first kappa shape index (κ1) is 71.8. The van der Waals surface area contributed by atoms with Crippen molar-refractivity contribution >= 4 is 11.9 Å². The fourth-order valence-corrected chi connectivity index (χ4v) is 11.1. The summed E-state index contributed by atoms with van der Waals surface area (Å²) in [7, 11) is 1.46. The highest BCUT2D eigenvalue weighted by Crippen LogP contribution is 2.41. The maximum absolute atomic E-state index is 13.5. The summed E-state index contributed by atoms with van der Waals surface area (Å²) >= 11 is 0. The molecular formula is C58H104O25. The largest absolute Gasteiger partial charge is 0.479 e. The Balaban J connectivity index is 1.43. The molecule has 5 rings (SSSR count). The summed E-state index contributed by atoms with van der Waals surface area (Å²) in [4.78, 5) is 26.8. The maximum Gasteiger partial charge on any atom is 0.335 e. The molecule has 486 valence electrons. The lowest BCUT2D eigenvalue weighted by atomic mass is 9.90. The molecule has 25 heteroatoms. The van der Waals surface area contributed by atoms with Crippen LogP contribution in [0.1, 0.15) is 139 Å². The summed E-state index contributed by atoms with van der Waals surface area (Å²) in [6.45, 7) is 16.9. The third-order valence-electron chi connectivity index (χ3n) is 16.2. The highest BCUT2D eigenvalue weighted by atomic mass is 16.8. The van der Waals surface area contributed by atoms with E-state index in [1.165, 1.54) is 7.11 Å². The minimum absolute atomic E-state index is 0.0603. The molecule has 5 saturated heterocycles. The van der Waals surface area contributed by atoms with Gasteiger partial charge in [-0.25, -0.2) is 9.59 Å². The minimum Gasteiger partial charge on any atom is -0.479 e. The number of hydrogen-bond acceptors (Lipinski definition) is 23. The first-order valence-corrected chi connectivity index (χ1v) is 30.8. The zero-order valence-corrected chi connectivity index (χ0v) is 50.8. The predicted molar refractivity (Wildman–Crippen MR) is 294 cm³/mol. The SMILES string of the molecule is CCCCOC1[C@H](OCCCC)C(CO)O[C@@H](O[C@@H]2C(C(=O)O)O[C@@H](O[C@@H]3C(CO)O[C@H](O[C@@H]4C(C(=O)O)O[C@@H](O[C@@H]5C(CO)O[C@H](OC)C(C)[C@H]5OCCCC)[C@@H](O)C4OCCCC)[C@@H](C)C3O)[C@@H](OCCCC)C2OCCCC)[C@H]1C. The highest BCUT2D eigenvalue weighted by molar-refractivity contribution is 5.74. The molecule has 5 aliphatic heterocycles. The van der Waals surface area contributed by atoms with Crippen LogP contribution in [0.5, 0.6) is 0 Å². The van der Waals surface area contributed by atoms with Crippen molar-refractivity contribution in [3.63, 3.8) is 0 Å². The molecule has 0 aromatic carbocycles. The molecular weight excluding hydrogens is 1100 g/mol. The number of aliphatic hydroxyl groups excluding tert-OH is 5. The molecule has 5 aliphatic rings. The third kappa shape index (κ3) is 19.1. The van der Waals surface area contributed by atoms with Gasteiger partial charge in [0.2, 0.25) is 0 Å². The number of rotatable bonds is 38. The van der Waals surface area contributed by atoms with Gasteiger partial charge in [0.15, 0.2) is 43.7 Å². The Bertz CT molecular complexity index is 1790. The summed E-state index contributed by atoms with van der Waals surface area (Å²) in [6, 6.07) is 0. The molecule has 0 aromatic heterocycles. The number of carbonyl (C=O) groups is 2. The Morgan fingerprint density at radius 3 is 1.16 bits per heavy atom. The van der Waals surface area contributed by atoms with E-state index in [0.717, 1.165) is 44.9 Å². The van der Waals surface area contributed by atoms with Gasteiger partial charge in [-0.15, -0.1) is 0 Å². The second kappa shape index (κ2) is 37.2. The van der Waals surface area contributed by atoms with E-state index in [2.05, 4.69) is 0 Å². The summed E-state index contributed by atoms with van der Waals surface area (Å²) in [5.74, 6) is -5.03. The Labute approximate surface area is 490 Å². The lowest BCUT2D eigenvalue weighted by molar-refractivity contribution is -0.387. The number of carboxylic acids is 2. The third-order valence-corrected chi connectivity index (χ3v) is 16.2. The van der Waals surface area contributed by atoms with Gasteiger partial charge in [0.05, 0.1) is 38.1 Å². The van der Waals surface area contributed by atoms with E-state index in [4.69, 9.17) is 75.8 Å². The molecule has 0 aliphatic carbocycles. The normalized spacial score (nSPS) is 39.7. The van der Waals surface area contributed by atoms with Crippen LogP contribution in [0.25, 0.3) is 0 Å². The molecule has 7 N–H and O–H groups in total. The van der Waals surface area contributed by atoms with Gasteiger partial charge in [-0.05, 0) is 38.5 Å². The van der Waals surface area contributed by atoms with Crippen molar-refractivity contribution < 1.29 is 121 Å². The molecule has 0 amide bonds. The van der Waals surface area contributed by atoms with Gasteiger partial charge in [-0.1, -0.05) is 101 Å². The summed E-state index contributed by atoms with van der Waals surface area (Å²) in [5.41, 5.74) is 0. The standard InChI is InChI=1S/C58H104O25/c1-11-17-23-69-40-34(9)56(77-36(30-60)43(40)71-25-19-13-3)81-48-46(73-27-21-15-5)51(74-28-22-16-6)58(83-50(48)53(66)67)78-42-35(29-59)76-55(32(7)38(42)62)80-47-45(72-26-20-14-4)39(63)57(82-49(47)52(64)65)79-44-37(31-61)75-54(68-10)33(8)41(44)70-24-18-12-2/h32-51,54-63H,11-31H2,1-10H3,(H,64,65)(H,66,67)/t32-,33?,34-,35?,36?,37?,38?,39-,40?,41+,42+,43+,44+,45?,46?,47-,48-,49?,50?,51-,54-,55+,56-,57+,58+/m0/s1. The van der Waals surface area contributed by atoms with Crippen LogP contribution in [0.15, 0.2) is 0 Å². The van der Waals surface area contributed by atoms with Gasteiger partial charge in [-0.3, -0.25) is 0 Å². The number of aliphatic carboxylic acids is 2. The maximum atomic E-state index is 13.5. The first-order chi connectivity index (χ1) is 40.0. The van der Waals surface area contributed by atoms with Crippen molar-refractivity contribution in [3.05, 3.63) is 0 Å². The van der Waals surface area contributed by atoms with Gasteiger partial charge in [0.25, 0.3) is 0 Å². The zero-order chi connectivity index (χ0) is 60.8. The number of aliphatic hydroxyl groups is 5. The molecule has 5 fully saturated rings. The van der Waals surface area contributed by atoms with E-state index in [1.54, 1.807) is 6.92 Å². The minimum atomic E-state index is -1.88. The van der Waals surface area contributed by atoms with Crippen LogP contribution in [0, 0.1) is 17.8 Å². The summed E-state index contributed by atoms with van der Waals surface area (Å²) in [6.07, 6.45) is -19.8. The average molecular weight is 1200 g/mol. The van der Waals surface area contributed by atoms with Crippen LogP contribution in [0.3, 0.4) is 0 Å². The van der Waals surface area contributed by atoms with E-state index in [1.807, 2.05) is 55.4 Å². The van der Waals surface area contributed by atoms with E-state index < -0.39 is 185 Å². The first-order valence-electron chi connectivity index (χ1n) is 30.8. The van der Waals surface area contributed by atoms with E-state index >= 15 is 0 Å². The van der Waals surface area contributed by atoms with E-state index in [0.29, 0.717) is 51.9 Å². The monoisotopic (exact) mass is 1200 g/mol. The smallest absolute Gasteiger partial charge is 0.335 e. The molecule has 25 nitrogen and oxygen atoms in total. The van der Waals surface area contributed by atoms with Crippen molar-refractivity contribution in [2.75, 3.05) is 66.6 Å². The van der Waals surface area contributed by atoms with Crippen LogP contribution in [0.4, 0.5) is 0 Å². The van der Waals surface area contributed by atoms with Crippen LogP contribution < -0.4 is 0 Å². The van der Waals surface area contributed by atoms with Crippen LogP contribution in [0.2, 0.25) is 0 Å². The topological polar surface area (TPSA) is 323 Å². The predicted octanol–water partition coefficient (Wildman–Crippen LogP) is 3.69. The number of unbranched alkanes of at least 4 members (excludes halogenated alkanes) is 6. The molecule has 25 atom stereocenters. The Morgan fingerprint density at radius 1 is 0.361 bits per heavy atom. The average Bonchev–Trinajstić information content (AvgIpc) is 3.00. The Morgan fingerprint density at radius 2 is 0.699 bits per heavy atom. The zero-order valence-electron chi connectivity index (χ0n) is 50.8. The van der Waals surface area contributed by atoms with Crippen molar-refractivity contribution in [2.24, 2.45) is 17.8 Å². The van der Waals surface area contributed by atoms with E-state index in [-0.39, 0.29) is 19.8 Å². The van der Waals surface area contributed by atoms with Gasteiger partial charge >= 0.3 is 11.9 Å². The van der Waals surface area contributed by atoms with Crippen molar-refractivity contribution in [1.29, 1.82) is 0 Å². The molecule has 5 heterocycles. The molecule has 83 heavy (non-hydrogen) atoms. The van der Waals surface area contributed by atoms with Gasteiger partial charge in [0, 0.05) is 64.5 Å².